The van der Waals surface area contributed by atoms with Gasteiger partial charge in [-0.15, -0.1) is 23.1 Å². The van der Waals surface area contributed by atoms with Crippen LogP contribution in [0.4, 0.5) is 0 Å². The molecule has 0 N–H and O–H groups in total. The highest BCUT2D eigenvalue weighted by atomic mass is 32.2. The van der Waals surface area contributed by atoms with Crippen molar-refractivity contribution in [3.63, 3.8) is 0 Å². The van der Waals surface area contributed by atoms with E-state index in [1.165, 1.54) is 4.88 Å². The molecule has 2 aromatic heterocycles. The fourth-order valence-corrected chi connectivity index (χ4v) is 5.13. The van der Waals surface area contributed by atoms with Crippen molar-refractivity contribution < 1.29 is 9.21 Å². The average molecular weight is 325 g/mol. The molecule has 2 aromatic rings. The topological polar surface area (TPSA) is 33.5 Å². The lowest BCUT2D eigenvalue weighted by Crippen LogP contribution is -2.30. The van der Waals surface area contributed by atoms with Crippen molar-refractivity contribution in [2.24, 2.45) is 0 Å². The Morgan fingerprint density at radius 1 is 1.40 bits per heavy atom. The maximum absolute atomic E-state index is 12.0. The fraction of sp³-hybridized carbons (Fsp3) is 0.357. The summed E-state index contributed by atoms with van der Waals surface area (Å²) in [5.74, 6) is 3.66. The van der Waals surface area contributed by atoms with E-state index in [1.54, 1.807) is 41.1 Å². The van der Waals surface area contributed by atoms with Crippen LogP contribution in [0.2, 0.25) is 0 Å². The quantitative estimate of drug-likeness (QED) is 0.756. The third-order valence-corrected chi connectivity index (χ3v) is 6.33. The molecule has 0 spiro atoms. The van der Waals surface area contributed by atoms with Crippen molar-refractivity contribution in [2.45, 2.75) is 11.1 Å². The monoisotopic (exact) mass is 325 g/mol. The maximum atomic E-state index is 12.0. The Kier molecular flexibility index (Phi) is 4.75. The molecular weight excluding hydrogens is 310 g/mol. The van der Waals surface area contributed by atoms with Gasteiger partial charge in [-0.3, -0.25) is 4.79 Å². The van der Waals surface area contributed by atoms with Gasteiger partial charge in [-0.2, -0.15) is 11.8 Å². The standard InChI is InChI=1S/C14H15NO2S3/c16-13-10-20-14(12-4-2-7-19-12)15(13)5-8-18-9-11-3-1-6-17-11/h1-4,6-7,14H,5,8-10H2. The Bertz CT molecular complexity index is 539. The lowest BCUT2D eigenvalue weighted by Gasteiger charge is -2.22. The summed E-state index contributed by atoms with van der Waals surface area (Å²) in [6, 6.07) is 8.05. The average Bonchev–Trinajstić information content (AvgIpc) is 3.17. The number of amides is 1. The molecule has 6 heteroatoms. The summed E-state index contributed by atoms with van der Waals surface area (Å²) < 4.78 is 5.30. The predicted molar refractivity (Wildman–Crippen MR) is 86.1 cm³/mol. The van der Waals surface area contributed by atoms with Crippen LogP contribution in [0.25, 0.3) is 0 Å². The molecule has 0 radical (unpaired) electrons. The van der Waals surface area contributed by atoms with E-state index in [4.69, 9.17) is 4.42 Å². The van der Waals surface area contributed by atoms with Crippen molar-refractivity contribution in [1.82, 2.24) is 4.90 Å². The molecule has 0 aliphatic carbocycles. The number of nitrogens with zero attached hydrogens (tertiary/aromatic N) is 1. The van der Waals surface area contributed by atoms with Crippen LogP contribution in [0.15, 0.2) is 40.3 Å². The normalized spacial score (nSPS) is 18.9. The summed E-state index contributed by atoms with van der Waals surface area (Å²) in [7, 11) is 0. The number of hydrogen-bond acceptors (Lipinski definition) is 5. The zero-order chi connectivity index (χ0) is 13.8. The van der Waals surface area contributed by atoms with Crippen molar-refractivity contribution in [3.8, 4) is 0 Å². The fourth-order valence-electron chi connectivity index (χ4n) is 2.09. The summed E-state index contributed by atoms with van der Waals surface area (Å²) >= 11 is 5.26. The molecule has 106 valence electrons. The second kappa shape index (κ2) is 6.74. The van der Waals surface area contributed by atoms with Crippen LogP contribution in [0.3, 0.4) is 0 Å². The van der Waals surface area contributed by atoms with E-state index < -0.39 is 0 Å². The van der Waals surface area contributed by atoms with Gasteiger partial charge in [-0.25, -0.2) is 0 Å². The van der Waals surface area contributed by atoms with E-state index in [0.29, 0.717) is 5.75 Å². The first-order chi connectivity index (χ1) is 9.84. The number of carbonyl (C=O) groups excluding carboxylic acids is 1. The van der Waals surface area contributed by atoms with Crippen molar-refractivity contribution in [1.29, 1.82) is 0 Å². The lowest BCUT2D eigenvalue weighted by molar-refractivity contribution is -0.127. The van der Waals surface area contributed by atoms with Crippen LogP contribution in [0.1, 0.15) is 16.0 Å². The van der Waals surface area contributed by atoms with Crippen molar-refractivity contribution in [3.05, 3.63) is 46.5 Å². The predicted octanol–water partition coefficient (Wildman–Crippen LogP) is 3.85. The molecule has 1 amide bonds. The Labute approximate surface area is 130 Å². The van der Waals surface area contributed by atoms with Gasteiger partial charge >= 0.3 is 0 Å². The molecule has 0 saturated carbocycles. The minimum Gasteiger partial charge on any atom is -0.468 e. The molecule has 3 rings (SSSR count). The minimum absolute atomic E-state index is 0.215. The zero-order valence-corrected chi connectivity index (χ0v) is 13.3. The van der Waals surface area contributed by atoms with Crippen molar-refractivity contribution in [2.75, 3.05) is 18.1 Å². The minimum atomic E-state index is 0.215. The van der Waals surface area contributed by atoms with Gasteiger partial charge in [-0.05, 0) is 23.6 Å². The summed E-state index contributed by atoms with van der Waals surface area (Å²) in [6.07, 6.45) is 1.70. The highest BCUT2D eigenvalue weighted by molar-refractivity contribution is 8.00. The maximum Gasteiger partial charge on any atom is 0.233 e. The molecule has 1 aliphatic heterocycles. The molecule has 3 nitrogen and oxygen atoms in total. The van der Waals surface area contributed by atoms with Crippen LogP contribution < -0.4 is 0 Å². The Morgan fingerprint density at radius 2 is 2.35 bits per heavy atom. The smallest absolute Gasteiger partial charge is 0.233 e. The third-order valence-electron chi connectivity index (χ3n) is 3.06. The van der Waals surface area contributed by atoms with E-state index in [1.807, 2.05) is 23.1 Å². The third kappa shape index (κ3) is 3.24. The van der Waals surface area contributed by atoms with E-state index in [-0.39, 0.29) is 11.3 Å². The van der Waals surface area contributed by atoms with Gasteiger partial charge in [0, 0.05) is 17.2 Å². The zero-order valence-electron chi connectivity index (χ0n) is 10.9. The second-order valence-electron chi connectivity index (χ2n) is 4.40. The van der Waals surface area contributed by atoms with Gasteiger partial charge in [-0.1, -0.05) is 6.07 Å². The highest BCUT2D eigenvalue weighted by Crippen LogP contribution is 2.40. The van der Waals surface area contributed by atoms with Crippen molar-refractivity contribution >= 4 is 40.8 Å². The van der Waals surface area contributed by atoms with Crippen LogP contribution >= 0.6 is 34.9 Å². The Balaban J connectivity index is 1.51. The highest BCUT2D eigenvalue weighted by Gasteiger charge is 2.32. The Morgan fingerprint density at radius 3 is 3.10 bits per heavy atom. The molecular formula is C14H15NO2S3. The van der Waals surface area contributed by atoms with Gasteiger partial charge < -0.3 is 9.32 Å². The number of furan rings is 1. The molecule has 1 saturated heterocycles. The molecule has 3 heterocycles. The molecule has 20 heavy (non-hydrogen) atoms. The molecule has 0 bridgehead atoms. The summed E-state index contributed by atoms with van der Waals surface area (Å²) in [6.45, 7) is 0.805. The summed E-state index contributed by atoms with van der Waals surface area (Å²) in [4.78, 5) is 15.3. The summed E-state index contributed by atoms with van der Waals surface area (Å²) in [5, 5.41) is 2.29. The van der Waals surface area contributed by atoms with E-state index in [9.17, 15) is 4.79 Å². The molecule has 0 aromatic carbocycles. The van der Waals surface area contributed by atoms with Gasteiger partial charge in [0.2, 0.25) is 5.91 Å². The SMILES string of the molecule is O=C1CSC(c2cccs2)N1CCSCc1ccco1. The lowest BCUT2D eigenvalue weighted by atomic mass is 10.4. The van der Waals surface area contributed by atoms with Crippen LogP contribution in [-0.4, -0.2) is 28.9 Å². The number of rotatable bonds is 6. The molecule has 1 unspecified atom stereocenters. The van der Waals surface area contributed by atoms with Gasteiger partial charge in [0.25, 0.3) is 0 Å². The molecule has 1 aliphatic rings. The number of thiophene rings is 1. The largest absolute Gasteiger partial charge is 0.468 e. The van der Waals surface area contributed by atoms with Gasteiger partial charge in [0.15, 0.2) is 0 Å². The number of carbonyl (C=O) groups is 1. The van der Waals surface area contributed by atoms with E-state index in [2.05, 4.69) is 11.4 Å². The van der Waals surface area contributed by atoms with Crippen LogP contribution in [0.5, 0.6) is 0 Å². The Hall–Kier alpha value is -0.850. The second-order valence-corrected chi connectivity index (χ2v) is 7.55. The van der Waals surface area contributed by atoms with E-state index in [0.717, 1.165) is 23.8 Å². The molecule has 1 atom stereocenters. The van der Waals surface area contributed by atoms with Crippen LogP contribution in [-0.2, 0) is 10.5 Å². The first kappa shape index (κ1) is 14.1. The first-order valence-corrected chi connectivity index (χ1v) is 9.47. The molecule has 1 fully saturated rings. The van der Waals surface area contributed by atoms with E-state index >= 15 is 0 Å². The first-order valence-electron chi connectivity index (χ1n) is 6.39. The van der Waals surface area contributed by atoms with Gasteiger partial charge in [0.05, 0.1) is 17.8 Å². The van der Waals surface area contributed by atoms with Crippen LogP contribution in [0, 0.1) is 0 Å². The number of hydrogen-bond donors (Lipinski definition) is 0. The number of thioether (sulfide) groups is 2. The van der Waals surface area contributed by atoms with Gasteiger partial charge in [0.1, 0.15) is 11.1 Å². The summed E-state index contributed by atoms with van der Waals surface area (Å²) in [5.41, 5.74) is 0.